The monoisotopic (exact) mass is 334 g/mol. The summed E-state index contributed by atoms with van der Waals surface area (Å²) in [6, 6.07) is 10.5. The van der Waals surface area contributed by atoms with Gasteiger partial charge in [0.05, 0.1) is 13.2 Å². The summed E-state index contributed by atoms with van der Waals surface area (Å²) in [4.78, 5) is 0. The van der Waals surface area contributed by atoms with Crippen molar-refractivity contribution in [2.45, 2.75) is 46.0 Å². The summed E-state index contributed by atoms with van der Waals surface area (Å²) >= 11 is 5.75. The van der Waals surface area contributed by atoms with E-state index in [4.69, 9.17) is 21.1 Å². The van der Waals surface area contributed by atoms with Crippen LogP contribution < -0.4 is 9.47 Å². The predicted octanol–water partition coefficient (Wildman–Crippen LogP) is 5.98. The van der Waals surface area contributed by atoms with Crippen LogP contribution in [-0.2, 0) is 6.42 Å². The number of hydrogen-bond donors (Lipinski definition) is 0. The van der Waals surface area contributed by atoms with Crippen LogP contribution in [0.25, 0.3) is 10.8 Å². The lowest BCUT2D eigenvalue weighted by atomic mass is 10.0. The molecule has 0 saturated carbocycles. The molecule has 23 heavy (non-hydrogen) atoms. The van der Waals surface area contributed by atoms with Gasteiger partial charge in [0, 0.05) is 16.7 Å². The minimum absolute atomic E-state index is 0.622. The lowest BCUT2D eigenvalue weighted by Crippen LogP contribution is -2.03. The fourth-order valence-corrected chi connectivity index (χ4v) is 2.80. The summed E-state index contributed by atoms with van der Waals surface area (Å²) < 4.78 is 12.1. The minimum Gasteiger partial charge on any atom is -0.493 e. The Morgan fingerprint density at radius 2 is 1.65 bits per heavy atom. The van der Waals surface area contributed by atoms with Crippen LogP contribution in [0.3, 0.4) is 0 Å². The molecule has 0 radical (unpaired) electrons. The number of aryl methyl sites for hydroxylation is 1. The first-order valence-corrected chi connectivity index (χ1v) is 9.21. The Kier molecular flexibility index (Phi) is 7.54. The van der Waals surface area contributed by atoms with Crippen molar-refractivity contribution >= 4 is 22.4 Å². The molecule has 0 fully saturated rings. The molecule has 2 nitrogen and oxygen atoms in total. The van der Waals surface area contributed by atoms with E-state index in [2.05, 4.69) is 38.1 Å². The van der Waals surface area contributed by atoms with E-state index in [0.717, 1.165) is 48.1 Å². The average Bonchev–Trinajstić information content (AvgIpc) is 2.59. The van der Waals surface area contributed by atoms with E-state index in [1.54, 1.807) is 0 Å². The summed E-state index contributed by atoms with van der Waals surface area (Å²) in [7, 11) is 0. The first kappa shape index (κ1) is 17.9. The molecule has 0 atom stereocenters. The molecule has 0 heterocycles. The summed E-state index contributed by atoms with van der Waals surface area (Å²) in [5.41, 5.74) is 1.21. The van der Waals surface area contributed by atoms with Crippen molar-refractivity contribution in [1.29, 1.82) is 0 Å². The second-order valence-electron chi connectivity index (χ2n) is 5.71. The van der Waals surface area contributed by atoms with E-state index in [1.807, 2.05) is 6.07 Å². The van der Waals surface area contributed by atoms with Gasteiger partial charge in [0.25, 0.3) is 0 Å². The zero-order valence-electron chi connectivity index (χ0n) is 14.2. The van der Waals surface area contributed by atoms with Crippen LogP contribution in [0.5, 0.6) is 11.5 Å². The Balaban J connectivity index is 2.32. The quantitative estimate of drug-likeness (QED) is 0.393. The number of hydrogen-bond acceptors (Lipinski definition) is 2. The van der Waals surface area contributed by atoms with Crippen molar-refractivity contribution in [3.63, 3.8) is 0 Å². The Morgan fingerprint density at radius 1 is 0.913 bits per heavy atom. The maximum atomic E-state index is 6.15. The van der Waals surface area contributed by atoms with Crippen molar-refractivity contribution in [3.05, 3.63) is 35.9 Å². The van der Waals surface area contributed by atoms with Crippen LogP contribution in [0, 0.1) is 0 Å². The van der Waals surface area contributed by atoms with Crippen molar-refractivity contribution in [1.82, 2.24) is 0 Å². The molecular weight excluding hydrogens is 308 g/mol. The van der Waals surface area contributed by atoms with Gasteiger partial charge in [-0.3, -0.25) is 0 Å². The lowest BCUT2D eigenvalue weighted by Gasteiger charge is -2.17. The number of fused-ring (bicyclic) bond motifs is 1. The van der Waals surface area contributed by atoms with E-state index in [9.17, 15) is 0 Å². The minimum atomic E-state index is 0.622. The summed E-state index contributed by atoms with van der Waals surface area (Å²) in [5, 5.41) is 2.26. The molecule has 0 spiro atoms. The molecule has 2 aromatic carbocycles. The molecule has 0 bridgehead atoms. The van der Waals surface area contributed by atoms with Crippen molar-refractivity contribution < 1.29 is 9.47 Å². The second kappa shape index (κ2) is 9.67. The third-order valence-corrected chi connectivity index (χ3v) is 4.21. The Morgan fingerprint density at radius 3 is 2.35 bits per heavy atom. The number of unbranched alkanes of at least 4 members (excludes halogenated alkanes) is 2. The third kappa shape index (κ3) is 4.78. The topological polar surface area (TPSA) is 18.5 Å². The number of halogens is 1. The van der Waals surface area contributed by atoms with Gasteiger partial charge >= 0.3 is 0 Å². The summed E-state index contributed by atoms with van der Waals surface area (Å²) in [6.07, 6.45) is 5.30. The first-order valence-electron chi connectivity index (χ1n) is 8.68. The molecule has 0 unspecified atom stereocenters. The molecule has 0 aromatic heterocycles. The van der Waals surface area contributed by atoms with E-state index in [-0.39, 0.29) is 0 Å². The highest BCUT2D eigenvalue weighted by molar-refractivity contribution is 6.17. The van der Waals surface area contributed by atoms with Crippen LogP contribution in [0.2, 0.25) is 0 Å². The van der Waals surface area contributed by atoms with E-state index in [1.165, 1.54) is 18.4 Å². The number of alkyl halides is 1. The van der Waals surface area contributed by atoms with Gasteiger partial charge in [-0.1, -0.05) is 51.0 Å². The molecule has 0 aliphatic carbocycles. The number of benzene rings is 2. The Bertz CT molecular complexity index is 610. The Hall–Kier alpha value is -1.41. The highest BCUT2D eigenvalue weighted by atomic mass is 35.5. The molecule has 3 heteroatoms. The fourth-order valence-electron chi connectivity index (χ4n) is 2.69. The second-order valence-corrected chi connectivity index (χ2v) is 6.09. The third-order valence-electron chi connectivity index (χ3n) is 3.94. The number of ether oxygens (including phenoxy) is 2. The van der Waals surface area contributed by atoms with Crippen molar-refractivity contribution in [2.24, 2.45) is 0 Å². The average molecular weight is 335 g/mol. The number of rotatable bonds is 10. The molecule has 0 N–H and O–H groups in total. The highest BCUT2D eigenvalue weighted by Gasteiger charge is 2.13. The van der Waals surface area contributed by atoms with Crippen LogP contribution in [0.15, 0.2) is 30.3 Å². The predicted molar refractivity (Wildman–Crippen MR) is 99.2 cm³/mol. The standard InChI is InChI=1S/C20H27ClO2/c1-3-5-8-13-23-20-16(4-2)15-19(22-14-9-12-21)17-10-6-7-11-18(17)20/h6-7,10-11,15H,3-5,8-9,12-14H2,1-2H3. The SMILES string of the molecule is CCCCCOc1c(CC)cc(OCCCCl)c2ccccc12. The van der Waals surface area contributed by atoms with Gasteiger partial charge in [0.1, 0.15) is 11.5 Å². The van der Waals surface area contributed by atoms with Gasteiger partial charge in [-0.25, -0.2) is 0 Å². The first-order chi connectivity index (χ1) is 11.3. The molecule has 2 aromatic rings. The molecule has 0 aliphatic rings. The van der Waals surface area contributed by atoms with E-state index in [0.29, 0.717) is 12.5 Å². The van der Waals surface area contributed by atoms with Gasteiger partial charge < -0.3 is 9.47 Å². The highest BCUT2D eigenvalue weighted by Crippen LogP contribution is 2.37. The maximum Gasteiger partial charge on any atom is 0.130 e. The smallest absolute Gasteiger partial charge is 0.130 e. The van der Waals surface area contributed by atoms with Gasteiger partial charge in [0.2, 0.25) is 0 Å². The van der Waals surface area contributed by atoms with Gasteiger partial charge in [-0.2, -0.15) is 0 Å². The molecule has 2 rings (SSSR count). The molecule has 0 saturated heterocycles. The zero-order valence-corrected chi connectivity index (χ0v) is 15.0. The van der Waals surface area contributed by atoms with Gasteiger partial charge in [-0.15, -0.1) is 11.6 Å². The summed E-state index contributed by atoms with van der Waals surface area (Å²) in [5.74, 6) is 2.57. The van der Waals surface area contributed by atoms with Crippen molar-refractivity contribution in [3.8, 4) is 11.5 Å². The van der Waals surface area contributed by atoms with Gasteiger partial charge in [0.15, 0.2) is 0 Å². The summed E-state index contributed by atoms with van der Waals surface area (Å²) in [6.45, 7) is 5.79. The van der Waals surface area contributed by atoms with Crippen molar-refractivity contribution in [2.75, 3.05) is 19.1 Å². The van der Waals surface area contributed by atoms with Crippen LogP contribution in [0.4, 0.5) is 0 Å². The van der Waals surface area contributed by atoms with E-state index >= 15 is 0 Å². The van der Waals surface area contributed by atoms with Gasteiger partial charge in [-0.05, 0) is 30.9 Å². The molecular formula is C20H27ClO2. The Labute approximate surface area is 144 Å². The largest absolute Gasteiger partial charge is 0.493 e. The fraction of sp³-hybridized carbons (Fsp3) is 0.500. The van der Waals surface area contributed by atoms with Crippen LogP contribution in [0.1, 0.15) is 45.1 Å². The van der Waals surface area contributed by atoms with Crippen LogP contribution in [-0.4, -0.2) is 19.1 Å². The van der Waals surface area contributed by atoms with Crippen LogP contribution >= 0.6 is 11.6 Å². The van der Waals surface area contributed by atoms with E-state index < -0.39 is 0 Å². The molecule has 0 aliphatic heterocycles. The molecule has 126 valence electrons. The normalized spacial score (nSPS) is 10.9. The molecule has 0 amide bonds. The zero-order chi connectivity index (χ0) is 16.5. The lowest BCUT2D eigenvalue weighted by molar-refractivity contribution is 0.304. The maximum absolute atomic E-state index is 6.15.